The molecule has 1 heterocycles. The summed E-state index contributed by atoms with van der Waals surface area (Å²) in [5, 5.41) is 2.82. The number of nitrogens with one attached hydrogen (secondary N) is 1. The van der Waals surface area contributed by atoms with Gasteiger partial charge in [-0.2, -0.15) is 0 Å². The molecule has 150 valence electrons. The first-order valence-electron chi connectivity index (χ1n) is 9.41. The Balaban J connectivity index is 2.02. The second-order valence-corrected chi connectivity index (χ2v) is 9.11. The predicted molar refractivity (Wildman–Crippen MR) is 109 cm³/mol. The molecule has 6 nitrogen and oxygen atoms in total. The summed E-state index contributed by atoms with van der Waals surface area (Å²) in [6.45, 7) is 4.91. The third kappa shape index (κ3) is 3.99. The molecule has 0 radical (unpaired) electrons. The van der Waals surface area contributed by atoms with Crippen LogP contribution in [0.2, 0.25) is 0 Å². The lowest BCUT2D eigenvalue weighted by atomic mass is 10.0. The van der Waals surface area contributed by atoms with Crippen molar-refractivity contribution in [3.05, 3.63) is 53.6 Å². The number of sulfonamides is 1. The number of aryl methyl sites for hydroxylation is 1. The molecule has 1 N–H and O–H groups in total. The number of benzene rings is 2. The number of fused-ring (bicyclic) bond motifs is 1. The van der Waals surface area contributed by atoms with Crippen molar-refractivity contribution in [3.8, 4) is 5.75 Å². The Hall–Kier alpha value is -2.54. The van der Waals surface area contributed by atoms with Gasteiger partial charge in [0.05, 0.1) is 12.8 Å². The lowest BCUT2D eigenvalue weighted by molar-refractivity contribution is 0.0948. The average molecular weight is 403 g/mol. The van der Waals surface area contributed by atoms with Gasteiger partial charge in [-0.05, 0) is 48.6 Å². The van der Waals surface area contributed by atoms with Crippen LogP contribution in [0.4, 0.5) is 5.69 Å². The first kappa shape index (κ1) is 20.2. The van der Waals surface area contributed by atoms with E-state index in [1.54, 1.807) is 6.07 Å². The van der Waals surface area contributed by atoms with Crippen LogP contribution in [0.15, 0.2) is 47.4 Å². The SMILES string of the molecule is COc1ccc(C(=O)NCC(C)C)cc1S(=O)(=O)N1CCCc2ccccc21. The fraction of sp³-hybridized carbons (Fsp3) is 0.381. The molecular formula is C21H26N2O4S. The summed E-state index contributed by atoms with van der Waals surface area (Å²) in [7, 11) is -2.45. The van der Waals surface area contributed by atoms with Gasteiger partial charge in [-0.3, -0.25) is 9.10 Å². The highest BCUT2D eigenvalue weighted by atomic mass is 32.2. The molecule has 1 aliphatic rings. The maximum Gasteiger partial charge on any atom is 0.268 e. The van der Waals surface area contributed by atoms with Gasteiger partial charge in [-0.1, -0.05) is 32.0 Å². The van der Waals surface area contributed by atoms with Crippen LogP contribution in [0, 0.1) is 5.92 Å². The smallest absolute Gasteiger partial charge is 0.268 e. The van der Waals surface area contributed by atoms with Gasteiger partial charge in [0, 0.05) is 18.7 Å². The second kappa shape index (κ2) is 8.22. The van der Waals surface area contributed by atoms with Crippen molar-refractivity contribution in [3.63, 3.8) is 0 Å². The van der Waals surface area contributed by atoms with E-state index in [9.17, 15) is 13.2 Å². The van der Waals surface area contributed by atoms with Crippen LogP contribution in [0.25, 0.3) is 0 Å². The topological polar surface area (TPSA) is 75.7 Å². The van der Waals surface area contributed by atoms with Gasteiger partial charge in [-0.25, -0.2) is 8.42 Å². The summed E-state index contributed by atoms with van der Waals surface area (Å²) >= 11 is 0. The summed E-state index contributed by atoms with van der Waals surface area (Å²) in [5.41, 5.74) is 1.98. The first-order valence-corrected chi connectivity index (χ1v) is 10.9. The molecule has 28 heavy (non-hydrogen) atoms. The molecule has 1 amide bonds. The third-order valence-electron chi connectivity index (χ3n) is 4.73. The standard InChI is InChI=1S/C21H26N2O4S/c1-15(2)14-22-21(24)17-10-11-19(27-3)20(13-17)28(25,26)23-12-6-8-16-7-4-5-9-18(16)23/h4-5,7,9-11,13,15H,6,8,12,14H2,1-3H3,(H,22,24). The Bertz CT molecular complexity index is 970. The number of amides is 1. The minimum atomic E-state index is -3.88. The largest absolute Gasteiger partial charge is 0.495 e. The van der Waals surface area contributed by atoms with Gasteiger partial charge < -0.3 is 10.1 Å². The van der Waals surface area contributed by atoms with Crippen LogP contribution < -0.4 is 14.4 Å². The van der Waals surface area contributed by atoms with E-state index in [1.165, 1.54) is 23.5 Å². The number of ether oxygens (including phenoxy) is 1. The van der Waals surface area contributed by atoms with Gasteiger partial charge in [0.15, 0.2) is 0 Å². The normalized spacial score (nSPS) is 13.9. The van der Waals surface area contributed by atoms with E-state index in [2.05, 4.69) is 5.32 Å². The second-order valence-electron chi connectivity index (χ2n) is 7.28. The monoisotopic (exact) mass is 402 g/mol. The zero-order valence-electron chi connectivity index (χ0n) is 16.4. The predicted octanol–water partition coefficient (Wildman–Crippen LogP) is 3.22. The molecule has 2 aromatic carbocycles. The molecular weight excluding hydrogens is 376 g/mol. The number of nitrogens with zero attached hydrogens (tertiary/aromatic N) is 1. The average Bonchev–Trinajstić information content (AvgIpc) is 2.70. The Labute approximate surface area is 166 Å². The zero-order valence-corrected chi connectivity index (χ0v) is 17.3. The van der Waals surface area contributed by atoms with Crippen molar-refractivity contribution in [2.75, 3.05) is 24.5 Å². The van der Waals surface area contributed by atoms with Crippen molar-refractivity contribution < 1.29 is 17.9 Å². The fourth-order valence-corrected chi connectivity index (χ4v) is 5.01. The molecule has 0 saturated heterocycles. The molecule has 0 unspecified atom stereocenters. The van der Waals surface area contributed by atoms with Gasteiger partial charge >= 0.3 is 0 Å². The van der Waals surface area contributed by atoms with Crippen molar-refractivity contribution in [1.29, 1.82) is 0 Å². The van der Waals surface area contributed by atoms with E-state index in [0.29, 0.717) is 30.3 Å². The highest BCUT2D eigenvalue weighted by molar-refractivity contribution is 7.93. The maximum absolute atomic E-state index is 13.5. The Morgan fingerprint density at radius 2 is 1.96 bits per heavy atom. The molecule has 0 fully saturated rings. The minimum Gasteiger partial charge on any atom is -0.495 e. The number of methoxy groups -OCH3 is 1. The number of anilines is 1. The van der Waals surface area contributed by atoms with E-state index in [4.69, 9.17) is 4.74 Å². The van der Waals surface area contributed by atoms with Gasteiger partial charge in [0.2, 0.25) is 0 Å². The summed E-state index contributed by atoms with van der Waals surface area (Å²) < 4.78 is 33.7. The van der Waals surface area contributed by atoms with E-state index >= 15 is 0 Å². The van der Waals surface area contributed by atoms with Crippen molar-refractivity contribution in [2.24, 2.45) is 5.92 Å². The molecule has 0 bridgehead atoms. The van der Waals surface area contributed by atoms with Crippen LogP contribution in [-0.2, 0) is 16.4 Å². The van der Waals surface area contributed by atoms with Crippen molar-refractivity contribution >= 4 is 21.6 Å². The van der Waals surface area contributed by atoms with Gasteiger partial charge in [0.25, 0.3) is 15.9 Å². The molecule has 0 aliphatic carbocycles. The lowest BCUT2D eigenvalue weighted by Crippen LogP contribution is -2.36. The minimum absolute atomic E-state index is 0.00361. The molecule has 2 aromatic rings. The Morgan fingerprint density at radius 1 is 1.21 bits per heavy atom. The summed E-state index contributed by atoms with van der Waals surface area (Å²) in [4.78, 5) is 12.4. The van der Waals surface area contributed by atoms with Gasteiger partial charge in [0.1, 0.15) is 10.6 Å². The zero-order chi connectivity index (χ0) is 20.3. The van der Waals surface area contributed by atoms with E-state index in [1.807, 2.05) is 38.1 Å². The maximum atomic E-state index is 13.5. The molecule has 0 saturated carbocycles. The molecule has 3 rings (SSSR count). The Morgan fingerprint density at radius 3 is 2.68 bits per heavy atom. The Kier molecular flexibility index (Phi) is 5.93. The number of hydrogen-bond donors (Lipinski definition) is 1. The van der Waals surface area contributed by atoms with Crippen LogP contribution in [0.5, 0.6) is 5.75 Å². The van der Waals surface area contributed by atoms with Crippen molar-refractivity contribution in [1.82, 2.24) is 5.32 Å². The van der Waals surface area contributed by atoms with Crippen LogP contribution in [-0.4, -0.2) is 34.5 Å². The van der Waals surface area contributed by atoms with Gasteiger partial charge in [-0.15, -0.1) is 0 Å². The molecule has 0 spiro atoms. The molecule has 0 aromatic heterocycles. The van der Waals surface area contributed by atoms with E-state index in [0.717, 1.165) is 18.4 Å². The van der Waals surface area contributed by atoms with Crippen molar-refractivity contribution in [2.45, 2.75) is 31.6 Å². The fourth-order valence-electron chi connectivity index (χ4n) is 3.29. The first-order chi connectivity index (χ1) is 13.3. The molecule has 0 atom stereocenters. The summed E-state index contributed by atoms with van der Waals surface area (Å²) in [6, 6.07) is 12.0. The third-order valence-corrected chi connectivity index (χ3v) is 6.57. The number of carbonyl (C=O) groups excluding carboxylic acids is 1. The van der Waals surface area contributed by atoms with E-state index in [-0.39, 0.29) is 16.6 Å². The highest BCUT2D eigenvalue weighted by Crippen LogP contribution is 2.35. The number of rotatable bonds is 6. The van der Waals surface area contributed by atoms with E-state index < -0.39 is 10.0 Å². The summed E-state index contributed by atoms with van der Waals surface area (Å²) in [6.07, 6.45) is 1.59. The highest BCUT2D eigenvalue weighted by Gasteiger charge is 2.32. The molecule has 1 aliphatic heterocycles. The van der Waals surface area contributed by atoms with Crippen LogP contribution in [0.1, 0.15) is 36.2 Å². The van der Waals surface area contributed by atoms with Crippen LogP contribution in [0.3, 0.4) is 0 Å². The summed E-state index contributed by atoms with van der Waals surface area (Å²) in [5.74, 6) is 0.227. The lowest BCUT2D eigenvalue weighted by Gasteiger charge is -2.31. The van der Waals surface area contributed by atoms with Crippen LogP contribution >= 0.6 is 0 Å². The molecule has 7 heteroatoms. The number of carbonyl (C=O) groups is 1. The number of hydrogen-bond acceptors (Lipinski definition) is 4. The number of para-hydroxylation sites is 1. The quantitative estimate of drug-likeness (QED) is 0.805.